The van der Waals surface area contributed by atoms with Crippen LogP contribution in [0.15, 0.2) is 42.5 Å². The molecule has 0 unspecified atom stereocenters. The lowest BCUT2D eigenvalue weighted by molar-refractivity contribution is 0.0588. The first-order valence-electron chi connectivity index (χ1n) is 7.69. The Bertz CT molecular complexity index is 684. The summed E-state index contributed by atoms with van der Waals surface area (Å²) in [5.41, 5.74) is 1.16. The van der Waals surface area contributed by atoms with Gasteiger partial charge in [0.2, 0.25) is 0 Å². The van der Waals surface area contributed by atoms with Crippen molar-refractivity contribution in [2.24, 2.45) is 0 Å². The second kappa shape index (κ2) is 5.97. The molecule has 0 saturated carbocycles. The number of hydrogen-bond acceptors (Lipinski definition) is 2. The Morgan fingerprint density at radius 1 is 1.18 bits per heavy atom. The quantitative estimate of drug-likeness (QED) is 0.879. The van der Waals surface area contributed by atoms with E-state index >= 15 is 0 Å². The van der Waals surface area contributed by atoms with Crippen molar-refractivity contribution in [2.75, 3.05) is 27.2 Å². The summed E-state index contributed by atoms with van der Waals surface area (Å²) in [5.74, 6) is 0.0934. The van der Waals surface area contributed by atoms with Gasteiger partial charge in [0, 0.05) is 33.1 Å². The first-order chi connectivity index (χ1) is 10.6. The number of piperidine rings is 1. The zero-order chi connectivity index (χ0) is 15.7. The second-order valence-electron chi connectivity index (χ2n) is 6.19. The summed E-state index contributed by atoms with van der Waals surface area (Å²) in [6.45, 7) is 1.08. The van der Waals surface area contributed by atoms with Crippen LogP contribution in [-0.2, 0) is 0 Å². The molecular formula is C18H22N2O2. The minimum Gasteiger partial charge on any atom is -0.391 e. The van der Waals surface area contributed by atoms with Crippen molar-refractivity contribution >= 4 is 16.8 Å². The second-order valence-corrected chi connectivity index (χ2v) is 6.19. The molecular weight excluding hydrogens is 276 g/mol. The molecule has 2 aromatic rings. The van der Waals surface area contributed by atoms with Gasteiger partial charge in [-0.1, -0.05) is 42.5 Å². The number of aliphatic hydroxyl groups is 1. The largest absolute Gasteiger partial charge is 0.391 e. The zero-order valence-corrected chi connectivity index (χ0v) is 13.1. The number of fused-ring (bicyclic) bond motifs is 1. The highest BCUT2D eigenvalue weighted by Crippen LogP contribution is 2.30. The van der Waals surface area contributed by atoms with Crippen LogP contribution in [-0.4, -0.2) is 54.2 Å². The van der Waals surface area contributed by atoms with Crippen LogP contribution in [0.1, 0.15) is 17.9 Å². The molecule has 1 heterocycles. The minimum atomic E-state index is -0.515. The molecule has 2 atom stereocenters. The van der Waals surface area contributed by atoms with Crippen LogP contribution in [0.4, 0.5) is 4.79 Å². The van der Waals surface area contributed by atoms with Crippen LogP contribution in [0.5, 0.6) is 0 Å². The third kappa shape index (κ3) is 2.79. The fourth-order valence-corrected chi connectivity index (χ4v) is 3.22. The minimum absolute atomic E-state index is 0.0315. The van der Waals surface area contributed by atoms with Crippen LogP contribution in [0.2, 0.25) is 0 Å². The van der Waals surface area contributed by atoms with E-state index in [0.717, 1.165) is 12.0 Å². The van der Waals surface area contributed by atoms with Gasteiger partial charge >= 0.3 is 6.03 Å². The number of aliphatic hydroxyl groups excluding tert-OH is 1. The highest BCUT2D eigenvalue weighted by atomic mass is 16.3. The van der Waals surface area contributed by atoms with Crippen molar-refractivity contribution in [3.05, 3.63) is 48.0 Å². The average molecular weight is 298 g/mol. The van der Waals surface area contributed by atoms with Crippen molar-refractivity contribution in [3.63, 3.8) is 0 Å². The standard InChI is InChI=1S/C18H22N2O2/c1-19(2)18(22)20-10-9-16(17(21)12-20)15-8-7-13-5-3-4-6-14(13)11-15/h3-8,11,16-17,21H,9-10,12H2,1-2H3/t16-,17+/m0/s1. The lowest BCUT2D eigenvalue weighted by Crippen LogP contribution is -2.49. The van der Waals surface area contributed by atoms with E-state index in [0.29, 0.717) is 13.1 Å². The van der Waals surface area contributed by atoms with E-state index in [1.807, 2.05) is 12.1 Å². The molecule has 1 saturated heterocycles. The topological polar surface area (TPSA) is 43.8 Å². The molecule has 1 aliphatic rings. The first kappa shape index (κ1) is 14.9. The summed E-state index contributed by atoms with van der Waals surface area (Å²) in [6, 6.07) is 14.6. The van der Waals surface area contributed by atoms with Crippen LogP contribution >= 0.6 is 0 Å². The molecule has 4 nitrogen and oxygen atoms in total. The number of carbonyl (C=O) groups is 1. The Kier molecular flexibility index (Phi) is 4.03. The fraction of sp³-hybridized carbons (Fsp3) is 0.389. The summed E-state index contributed by atoms with van der Waals surface area (Å²) in [4.78, 5) is 15.3. The van der Waals surface area contributed by atoms with Gasteiger partial charge in [-0.05, 0) is 22.8 Å². The number of benzene rings is 2. The van der Waals surface area contributed by atoms with E-state index in [2.05, 4.69) is 30.3 Å². The Morgan fingerprint density at radius 2 is 1.91 bits per heavy atom. The summed E-state index contributed by atoms with van der Waals surface area (Å²) in [5, 5.41) is 12.9. The molecule has 0 aromatic heterocycles. The normalized spacial score (nSPS) is 21.9. The molecule has 2 amide bonds. The maximum Gasteiger partial charge on any atom is 0.319 e. The molecule has 1 aliphatic heterocycles. The van der Waals surface area contributed by atoms with Gasteiger partial charge in [-0.15, -0.1) is 0 Å². The molecule has 0 radical (unpaired) electrons. The van der Waals surface area contributed by atoms with Crippen LogP contribution in [0.3, 0.4) is 0 Å². The monoisotopic (exact) mass is 298 g/mol. The summed E-state index contributed by atoms with van der Waals surface area (Å²) >= 11 is 0. The number of nitrogens with zero attached hydrogens (tertiary/aromatic N) is 2. The van der Waals surface area contributed by atoms with Crippen LogP contribution in [0, 0.1) is 0 Å². The summed E-state index contributed by atoms with van der Waals surface area (Å²) in [6.07, 6.45) is 0.276. The Balaban J connectivity index is 1.79. The van der Waals surface area contributed by atoms with Crippen LogP contribution < -0.4 is 0 Å². The Hall–Kier alpha value is -2.07. The van der Waals surface area contributed by atoms with E-state index in [-0.39, 0.29) is 11.9 Å². The predicted molar refractivity (Wildman–Crippen MR) is 88.0 cm³/mol. The van der Waals surface area contributed by atoms with E-state index in [9.17, 15) is 9.90 Å². The first-order valence-corrected chi connectivity index (χ1v) is 7.69. The Labute approximate surface area is 131 Å². The number of rotatable bonds is 1. The zero-order valence-electron chi connectivity index (χ0n) is 13.1. The van der Waals surface area contributed by atoms with Gasteiger partial charge in [-0.25, -0.2) is 4.79 Å². The molecule has 4 heteroatoms. The molecule has 0 spiro atoms. The highest BCUT2D eigenvalue weighted by Gasteiger charge is 2.31. The molecule has 3 rings (SSSR count). The van der Waals surface area contributed by atoms with E-state index < -0.39 is 6.10 Å². The van der Waals surface area contributed by atoms with Gasteiger partial charge < -0.3 is 14.9 Å². The molecule has 22 heavy (non-hydrogen) atoms. The fourth-order valence-electron chi connectivity index (χ4n) is 3.22. The van der Waals surface area contributed by atoms with Crippen molar-refractivity contribution in [2.45, 2.75) is 18.4 Å². The number of hydrogen-bond donors (Lipinski definition) is 1. The van der Waals surface area contributed by atoms with Gasteiger partial charge in [-0.2, -0.15) is 0 Å². The number of amides is 2. The van der Waals surface area contributed by atoms with Crippen molar-refractivity contribution in [1.82, 2.24) is 9.80 Å². The van der Waals surface area contributed by atoms with Gasteiger partial charge in [0.15, 0.2) is 0 Å². The lowest BCUT2D eigenvalue weighted by Gasteiger charge is -2.37. The van der Waals surface area contributed by atoms with Crippen molar-refractivity contribution in [1.29, 1.82) is 0 Å². The number of β-amino-alcohol motifs (C(OH)–C–C–N with tert-alkyl or cyclic N) is 1. The van der Waals surface area contributed by atoms with E-state index in [1.165, 1.54) is 10.8 Å². The molecule has 1 N–H and O–H groups in total. The van der Waals surface area contributed by atoms with Gasteiger partial charge in [0.05, 0.1) is 6.10 Å². The molecule has 2 aromatic carbocycles. The number of likely N-dealkylation sites (tertiary alicyclic amines) is 1. The van der Waals surface area contributed by atoms with Crippen molar-refractivity contribution < 1.29 is 9.90 Å². The Morgan fingerprint density at radius 3 is 2.59 bits per heavy atom. The number of carbonyl (C=O) groups excluding carboxylic acids is 1. The maximum absolute atomic E-state index is 12.0. The SMILES string of the molecule is CN(C)C(=O)N1CC[C@@H](c2ccc3ccccc3c2)[C@H](O)C1. The number of urea groups is 1. The van der Waals surface area contributed by atoms with Gasteiger partial charge in [0.25, 0.3) is 0 Å². The highest BCUT2D eigenvalue weighted by molar-refractivity contribution is 5.83. The van der Waals surface area contributed by atoms with Crippen molar-refractivity contribution in [3.8, 4) is 0 Å². The third-order valence-corrected chi connectivity index (χ3v) is 4.44. The summed E-state index contributed by atoms with van der Waals surface area (Å²) in [7, 11) is 3.48. The molecule has 116 valence electrons. The lowest BCUT2D eigenvalue weighted by atomic mass is 9.86. The van der Waals surface area contributed by atoms with Gasteiger partial charge in [-0.3, -0.25) is 0 Å². The molecule has 0 bridgehead atoms. The van der Waals surface area contributed by atoms with Gasteiger partial charge in [0.1, 0.15) is 0 Å². The molecule has 1 fully saturated rings. The summed E-state index contributed by atoms with van der Waals surface area (Å²) < 4.78 is 0. The van der Waals surface area contributed by atoms with Crippen LogP contribution in [0.25, 0.3) is 10.8 Å². The average Bonchev–Trinajstić information content (AvgIpc) is 2.53. The van der Waals surface area contributed by atoms with E-state index in [4.69, 9.17) is 0 Å². The smallest absolute Gasteiger partial charge is 0.319 e. The maximum atomic E-state index is 12.0. The predicted octanol–water partition coefficient (Wildman–Crippen LogP) is 2.67. The third-order valence-electron chi connectivity index (χ3n) is 4.44. The van der Waals surface area contributed by atoms with E-state index in [1.54, 1.807) is 23.9 Å². The molecule has 0 aliphatic carbocycles.